The van der Waals surface area contributed by atoms with Crippen LogP contribution in [-0.4, -0.2) is 43.2 Å². The number of carbonyl (C=O) groups is 1. The van der Waals surface area contributed by atoms with Crippen LogP contribution >= 0.6 is 12.4 Å². The molecule has 1 aliphatic heterocycles. The molecule has 0 bridgehead atoms. The van der Waals surface area contributed by atoms with Crippen LogP contribution in [0.1, 0.15) is 56.3 Å². The molecule has 1 fully saturated rings. The molecule has 0 aliphatic carbocycles. The SMILES string of the molecule is CCCCOc1ccc(C(=O)N2CCCCC2CN)cc1OCC.Cl. The van der Waals surface area contributed by atoms with E-state index in [4.69, 9.17) is 15.2 Å². The number of amides is 1. The summed E-state index contributed by atoms with van der Waals surface area (Å²) in [6.45, 7) is 6.55. The van der Waals surface area contributed by atoms with Gasteiger partial charge >= 0.3 is 0 Å². The Morgan fingerprint density at radius 3 is 2.72 bits per heavy atom. The molecule has 1 saturated heterocycles. The van der Waals surface area contributed by atoms with Gasteiger partial charge in [-0.2, -0.15) is 0 Å². The molecule has 1 heterocycles. The van der Waals surface area contributed by atoms with E-state index >= 15 is 0 Å². The van der Waals surface area contributed by atoms with Gasteiger partial charge in [0.1, 0.15) is 0 Å². The molecule has 5 nitrogen and oxygen atoms in total. The Kier molecular flexibility index (Phi) is 9.68. The number of nitrogens with two attached hydrogens (primary N) is 1. The van der Waals surface area contributed by atoms with E-state index in [1.807, 2.05) is 24.0 Å². The minimum Gasteiger partial charge on any atom is -0.490 e. The lowest BCUT2D eigenvalue weighted by Gasteiger charge is -2.35. The van der Waals surface area contributed by atoms with Crippen molar-refractivity contribution in [3.8, 4) is 11.5 Å². The molecule has 0 radical (unpaired) electrons. The molecule has 25 heavy (non-hydrogen) atoms. The van der Waals surface area contributed by atoms with Gasteiger partial charge in [0.25, 0.3) is 5.91 Å². The second kappa shape index (κ2) is 11.2. The molecule has 1 unspecified atom stereocenters. The first-order chi connectivity index (χ1) is 11.7. The summed E-state index contributed by atoms with van der Waals surface area (Å²) in [6, 6.07) is 5.61. The van der Waals surface area contributed by atoms with E-state index < -0.39 is 0 Å². The average Bonchev–Trinajstić information content (AvgIpc) is 2.62. The predicted octanol–water partition coefficient (Wildman–Crippen LogP) is 3.64. The first kappa shape index (κ1) is 21.6. The van der Waals surface area contributed by atoms with Crippen LogP contribution in [0.4, 0.5) is 0 Å². The topological polar surface area (TPSA) is 64.8 Å². The standard InChI is InChI=1S/C19H30N2O3.ClH/c1-3-5-12-24-17-10-9-15(13-18(17)23-4-2)19(22)21-11-7-6-8-16(21)14-20;/h9-10,13,16H,3-8,11-12,14,20H2,1-2H3;1H. The number of benzene rings is 1. The third-order valence-corrected chi connectivity index (χ3v) is 4.41. The lowest BCUT2D eigenvalue weighted by atomic mass is 10.0. The molecular formula is C19H31ClN2O3. The van der Waals surface area contributed by atoms with Crippen LogP contribution in [0, 0.1) is 0 Å². The Morgan fingerprint density at radius 2 is 2.04 bits per heavy atom. The van der Waals surface area contributed by atoms with E-state index in [-0.39, 0.29) is 24.4 Å². The summed E-state index contributed by atoms with van der Waals surface area (Å²) in [5, 5.41) is 0. The van der Waals surface area contributed by atoms with Crippen molar-refractivity contribution in [2.75, 3.05) is 26.3 Å². The molecule has 2 rings (SSSR count). The maximum absolute atomic E-state index is 12.9. The van der Waals surface area contributed by atoms with Gasteiger partial charge in [0.2, 0.25) is 0 Å². The number of ether oxygens (including phenoxy) is 2. The number of likely N-dealkylation sites (tertiary alicyclic amines) is 1. The Balaban J connectivity index is 0.00000312. The Bertz CT molecular complexity index is 539. The Morgan fingerprint density at radius 1 is 1.24 bits per heavy atom. The molecule has 0 spiro atoms. The van der Waals surface area contributed by atoms with Gasteiger partial charge in [-0.3, -0.25) is 4.79 Å². The predicted molar refractivity (Wildman–Crippen MR) is 103 cm³/mol. The van der Waals surface area contributed by atoms with Gasteiger partial charge in [-0.05, 0) is 50.8 Å². The van der Waals surface area contributed by atoms with E-state index in [1.54, 1.807) is 6.07 Å². The second-order valence-corrected chi connectivity index (χ2v) is 6.18. The number of halogens is 1. The van der Waals surface area contributed by atoms with Crippen molar-refractivity contribution in [3.05, 3.63) is 23.8 Å². The zero-order valence-electron chi connectivity index (χ0n) is 15.3. The van der Waals surface area contributed by atoms with Crippen LogP contribution in [0.5, 0.6) is 11.5 Å². The quantitative estimate of drug-likeness (QED) is 0.709. The van der Waals surface area contributed by atoms with Crippen LogP contribution in [0.25, 0.3) is 0 Å². The number of unbranched alkanes of at least 4 members (excludes halogenated alkanes) is 1. The molecule has 0 saturated carbocycles. The van der Waals surface area contributed by atoms with Crippen molar-refractivity contribution >= 4 is 18.3 Å². The molecule has 1 amide bonds. The van der Waals surface area contributed by atoms with Crippen LogP contribution in [0.3, 0.4) is 0 Å². The highest BCUT2D eigenvalue weighted by molar-refractivity contribution is 5.95. The summed E-state index contributed by atoms with van der Waals surface area (Å²) in [5.41, 5.74) is 6.48. The minimum atomic E-state index is 0. The van der Waals surface area contributed by atoms with Crippen LogP contribution in [-0.2, 0) is 0 Å². The number of carbonyl (C=O) groups excluding carboxylic acids is 1. The average molecular weight is 371 g/mol. The van der Waals surface area contributed by atoms with Crippen molar-refractivity contribution in [2.24, 2.45) is 5.73 Å². The third kappa shape index (κ3) is 5.79. The fraction of sp³-hybridized carbons (Fsp3) is 0.632. The number of hydrogen-bond donors (Lipinski definition) is 1. The Hall–Kier alpha value is -1.46. The van der Waals surface area contributed by atoms with Gasteiger partial charge in [-0.1, -0.05) is 13.3 Å². The summed E-state index contributed by atoms with van der Waals surface area (Å²) in [5.74, 6) is 1.38. The zero-order valence-corrected chi connectivity index (χ0v) is 16.1. The molecule has 142 valence electrons. The summed E-state index contributed by atoms with van der Waals surface area (Å²) >= 11 is 0. The first-order valence-electron chi connectivity index (χ1n) is 9.11. The number of nitrogens with zero attached hydrogens (tertiary/aromatic N) is 1. The third-order valence-electron chi connectivity index (χ3n) is 4.41. The minimum absolute atomic E-state index is 0. The highest BCUT2D eigenvalue weighted by atomic mass is 35.5. The smallest absolute Gasteiger partial charge is 0.254 e. The van der Waals surface area contributed by atoms with E-state index in [1.165, 1.54) is 0 Å². The summed E-state index contributed by atoms with van der Waals surface area (Å²) in [6.07, 6.45) is 5.24. The maximum atomic E-state index is 12.9. The van der Waals surface area contributed by atoms with Gasteiger partial charge < -0.3 is 20.1 Å². The number of hydrogen-bond acceptors (Lipinski definition) is 4. The van der Waals surface area contributed by atoms with E-state index in [2.05, 4.69) is 6.92 Å². The van der Waals surface area contributed by atoms with Crippen molar-refractivity contribution < 1.29 is 14.3 Å². The van der Waals surface area contributed by atoms with Crippen molar-refractivity contribution in [1.82, 2.24) is 4.90 Å². The van der Waals surface area contributed by atoms with Gasteiger partial charge in [-0.15, -0.1) is 12.4 Å². The summed E-state index contributed by atoms with van der Waals surface area (Å²) in [7, 11) is 0. The fourth-order valence-electron chi connectivity index (χ4n) is 3.03. The number of rotatable bonds is 8. The lowest BCUT2D eigenvalue weighted by molar-refractivity contribution is 0.0623. The van der Waals surface area contributed by atoms with Crippen LogP contribution < -0.4 is 15.2 Å². The first-order valence-corrected chi connectivity index (χ1v) is 9.11. The monoisotopic (exact) mass is 370 g/mol. The molecule has 1 aromatic rings. The fourth-order valence-corrected chi connectivity index (χ4v) is 3.03. The van der Waals surface area contributed by atoms with Crippen molar-refractivity contribution in [3.63, 3.8) is 0 Å². The molecule has 1 aliphatic rings. The largest absolute Gasteiger partial charge is 0.490 e. The van der Waals surface area contributed by atoms with Crippen molar-refractivity contribution in [2.45, 2.75) is 52.0 Å². The van der Waals surface area contributed by atoms with Gasteiger partial charge in [0.15, 0.2) is 11.5 Å². The van der Waals surface area contributed by atoms with Gasteiger partial charge in [0, 0.05) is 24.7 Å². The summed E-state index contributed by atoms with van der Waals surface area (Å²) in [4.78, 5) is 14.8. The molecule has 1 aromatic carbocycles. The normalized spacial score (nSPS) is 16.9. The van der Waals surface area contributed by atoms with Crippen LogP contribution in [0.2, 0.25) is 0 Å². The van der Waals surface area contributed by atoms with Gasteiger partial charge in [0.05, 0.1) is 13.2 Å². The molecule has 0 aromatic heterocycles. The van der Waals surface area contributed by atoms with E-state index in [0.29, 0.717) is 36.8 Å². The molecule has 2 N–H and O–H groups in total. The zero-order chi connectivity index (χ0) is 17.4. The second-order valence-electron chi connectivity index (χ2n) is 6.18. The van der Waals surface area contributed by atoms with Crippen molar-refractivity contribution in [1.29, 1.82) is 0 Å². The highest BCUT2D eigenvalue weighted by Crippen LogP contribution is 2.30. The van der Waals surface area contributed by atoms with E-state index in [9.17, 15) is 4.79 Å². The highest BCUT2D eigenvalue weighted by Gasteiger charge is 2.27. The van der Waals surface area contributed by atoms with E-state index in [0.717, 1.165) is 38.6 Å². The Labute approximate surface area is 157 Å². The van der Waals surface area contributed by atoms with Gasteiger partial charge in [-0.25, -0.2) is 0 Å². The molecule has 6 heteroatoms. The molecular weight excluding hydrogens is 340 g/mol. The molecule has 1 atom stereocenters. The van der Waals surface area contributed by atoms with Crippen LogP contribution in [0.15, 0.2) is 18.2 Å². The maximum Gasteiger partial charge on any atom is 0.254 e. The summed E-state index contributed by atoms with van der Waals surface area (Å²) < 4.78 is 11.5. The lowest BCUT2D eigenvalue weighted by Crippen LogP contribution is -2.47. The number of piperidine rings is 1.